The average Bonchev–Trinajstić information content (AvgIpc) is 2.26. The second-order valence-corrected chi connectivity index (χ2v) is 5.48. The third kappa shape index (κ3) is 3.94. The SMILES string of the molecule is CC(C)(O)C(C)(C)OB(O)c1cccc(C(F)(F)F)n1. The summed E-state index contributed by atoms with van der Waals surface area (Å²) in [6.45, 7) is 5.98. The number of alkyl halides is 3. The van der Waals surface area contributed by atoms with Gasteiger partial charge in [-0.25, -0.2) is 0 Å². The molecule has 8 heteroatoms. The maximum Gasteiger partial charge on any atom is 0.511 e. The smallest absolute Gasteiger partial charge is 0.422 e. The van der Waals surface area contributed by atoms with E-state index >= 15 is 0 Å². The number of pyridine rings is 1. The van der Waals surface area contributed by atoms with E-state index in [-0.39, 0.29) is 5.59 Å². The summed E-state index contributed by atoms with van der Waals surface area (Å²) in [6, 6.07) is 3.16. The van der Waals surface area contributed by atoms with Gasteiger partial charge in [-0.3, -0.25) is 4.98 Å². The van der Waals surface area contributed by atoms with E-state index < -0.39 is 30.2 Å². The molecule has 0 aliphatic rings. The van der Waals surface area contributed by atoms with Gasteiger partial charge in [0.1, 0.15) is 5.69 Å². The first-order chi connectivity index (χ1) is 8.84. The molecule has 0 atom stereocenters. The lowest BCUT2D eigenvalue weighted by Crippen LogP contribution is -2.53. The molecule has 0 amide bonds. The monoisotopic (exact) mass is 291 g/mol. The summed E-state index contributed by atoms with van der Waals surface area (Å²) in [6.07, 6.45) is -4.60. The van der Waals surface area contributed by atoms with Gasteiger partial charge in [0, 0.05) is 0 Å². The molecule has 0 saturated heterocycles. The van der Waals surface area contributed by atoms with Crippen LogP contribution in [0.3, 0.4) is 0 Å². The predicted molar refractivity (Wildman–Crippen MR) is 68.3 cm³/mol. The van der Waals surface area contributed by atoms with Crippen molar-refractivity contribution in [2.75, 3.05) is 0 Å². The number of nitrogens with zero attached hydrogens (tertiary/aromatic N) is 1. The van der Waals surface area contributed by atoms with E-state index in [0.717, 1.165) is 12.1 Å². The first kappa shape index (κ1) is 16.9. The summed E-state index contributed by atoms with van der Waals surface area (Å²) in [5.74, 6) is 0. The Labute approximate surface area is 115 Å². The van der Waals surface area contributed by atoms with Crippen molar-refractivity contribution in [3.05, 3.63) is 23.9 Å². The van der Waals surface area contributed by atoms with Gasteiger partial charge >= 0.3 is 13.3 Å². The molecule has 0 spiro atoms. The largest absolute Gasteiger partial charge is 0.511 e. The minimum Gasteiger partial charge on any atom is -0.422 e. The highest BCUT2D eigenvalue weighted by Gasteiger charge is 2.40. The number of halogens is 3. The number of hydrogen-bond donors (Lipinski definition) is 2. The number of aromatic nitrogens is 1. The molecule has 1 aromatic rings. The summed E-state index contributed by atoms with van der Waals surface area (Å²) >= 11 is 0. The van der Waals surface area contributed by atoms with Crippen LogP contribution in [0.4, 0.5) is 13.2 Å². The fourth-order valence-electron chi connectivity index (χ4n) is 1.23. The number of aliphatic hydroxyl groups is 1. The van der Waals surface area contributed by atoms with E-state index in [2.05, 4.69) is 4.98 Å². The predicted octanol–water partition coefficient (Wildman–Crippen LogP) is 1.35. The van der Waals surface area contributed by atoms with E-state index in [1.165, 1.54) is 33.8 Å². The Balaban J connectivity index is 2.97. The fraction of sp³-hybridized carbons (Fsp3) is 0.583. The van der Waals surface area contributed by atoms with Crippen molar-refractivity contribution < 1.29 is 28.0 Å². The molecule has 2 N–H and O–H groups in total. The van der Waals surface area contributed by atoms with Crippen LogP contribution >= 0.6 is 0 Å². The summed E-state index contributed by atoms with van der Waals surface area (Å²) in [5, 5.41) is 19.7. The van der Waals surface area contributed by atoms with Crippen LogP contribution in [0.15, 0.2) is 18.2 Å². The molecule has 1 heterocycles. The molecule has 0 aliphatic heterocycles. The van der Waals surface area contributed by atoms with Crippen LogP contribution in [0.1, 0.15) is 33.4 Å². The lowest BCUT2D eigenvalue weighted by molar-refractivity contribution is -0.141. The summed E-state index contributed by atoms with van der Waals surface area (Å²) in [7, 11) is -1.67. The van der Waals surface area contributed by atoms with Gasteiger partial charge in [-0.15, -0.1) is 0 Å². The zero-order valence-corrected chi connectivity index (χ0v) is 11.7. The quantitative estimate of drug-likeness (QED) is 0.822. The maximum atomic E-state index is 12.5. The third-order valence-electron chi connectivity index (χ3n) is 3.19. The van der Waals surface area contributed by atoms with Crippen molar-refractivity contribution in [1.82, 2.24) is 4.98 Å². The van der Waals surface area contributed by atoms with E-state index in [4.69, 9.17) is 4.65 Å². The van der Waals surface area contributed by atoms with E-state index in [1.54, 1.807) is 0 Å². The zero-order valence-electron chi connectivity index (χ0n) is 11.7. The Morgan fingerprint density at radius 2 is 1.70 bits per heavy atom. The van der Waals surface area contributed by atoms with Crippen LogP contribution in [-0.4, -0.2) is 33.4 Å². The minimum absolute atomic E-state index is 0.267. The molecule has 4 nitrogen and oxygen atoms in total. The Morgan fingerprint density at radius 1 is 1.15 bits per heavy atom. The van der Waals surface area contributed by atoms with Gasteiger partial charge in [0.2, 0.25) is 0 Å². The van der Waals surface area contributed by atoms with Gasteiger partial charge in [-0.05, 0) is 39.8 Å². The molecule has 1 rings (SSSR count). The Bertz CT molecular complexity index is 472. The maximum absolute atomic E-state index is 12.5. The normalized spacial score (nSPS) is 13.4. The van der Waals surface area contributed by atoms with Crippen LogP contribution in [0, 0.1) is 0 Å². The molecular formula is C12H17BF3NO3. The molecule has 0 unspecified atom stereocenters. The van der Waals surface area contributed by atoms with Crippen LogP contribution < -0.4 is 5.59 Å². The third-order valence-corrected chi connectivity index (χ3v) is 3.19. The van der Waals surface area contributed by atoms with Crippen LogP contribution in [0.5, 0.6) is 0 Å². The minimum atomic E-state index is -4.60. The fourth-order valence-corrected chi connectivity index (χ4v) is 1.23. The van der Waals surface area contributed by atoms with Crippen LogP contribution in [0.25, 0.3) is 0 Å². The highest BCUT2D eigenvalue weighted by molar-refractivity contribution is 6.59. The summed E-state index contributed by atoms with van der Waals surface area (Å²) in [4.78, 5) is 3.33. The Hall–Kier alpha value is -1.12. The van der Waals surface area contributed by atoms with Crippen molar-refractivity contribution in [3.63, 3.8) is 0 Å². The topological polar surface area (TPSA) is 62.6 Å². The van der Waals surface area contributed by atoms with Gasteiger partial charge in [0.15, 0.2) is 0 Å². The number of hydrogen-bond acceptors (Lipinski definition) is 4. The van der Waals surface area contributed by atoms with Crippen molar-refractivity contribution in [2.24, 2.45) is 0 Å². The second kappa shape index (κ2) is 5.35. The van der Waals surface area contributed by atoms with Crippen molar-refractivity contribution in [1.29, 1.82) is 0 Å². The van der Waals surface area contributed by atoms with Crippen LogP contribution in [-0.2, 0) is 10.8 Å². The molecular weight excluding hydrogens is 274 g/mol. The van der Waals surface area contributed by atoms with Crippen molar-refractivity contribution >= 4 is 12.7 Å². The Kier molecular flexibility index (Phi) is 4.53. The lowest BCUT2D eigenvalue weighted by Gasteiger charge is -2.38. The van der Waals surface area contributed by atoms with E-state index in [1.807, 2.05) is 0 Å². The summed E-state index contributed by atoms with van der Waals surface area (Å²) < 4.78 is 42.8. The van der Waals surface area contributed by atoms with Gasteiger partial charge < -0.3 is 14.8 Å². The molecule has 0 radical (unpaired) electrons. The summed E-state index contributed by atoms with van der Waals surface area (Å²) in [5.41, 5.74) is -3.85. The molecule has 0 fully saturated rings. The molecule has 1 aromatic heterocycles. The molecule has 0 saturated carbocycles. The first-order valence-corrected chi connectivity index (χ1v) is 5.97. The van der Waals surface area contributed by atoms with Crippen LogP contribution in [0.2, 0.25) is 0 Å². The first-order valence-electron chi connectivity index (χ1n) is 5.97. The van der Waals surface area contributed by atoms with Gasteiger partial charge in [0.25, 0.3) is 0 Å². The molecule has 0 bridgehead atoms. The van der Waals surface area contributed by atoms with Gasteiger partial charge in [0.05, 0.1) is 16.8 Å². The Morgan fingerprint density at radius 3 is 2.15 bits per heavy atom. The van der Waals surface area contributed by atoms with Crippen molar-refractivity contribution in [3.8, 4) is 0 Å². The second-order valence-electron chi connectivity index (χ2n) is 5.48. The highest BCUT2D eigenvalue weighted by atomic mass is 19.4. The lowest BCUT2D eigenvalue weighted by atomic mass is 9.80. The number of rotatable bonds is 4. The van der Waals surface area contributed by atoms with Crippen molar-refractivity contribution in [2.45, 2.75) is 45.1 Å². The molecule has 112 valence electrons. The zero-order chi connectivity index (χ0) is 15.8. The van der Waals surface area contributed by atoms with Gasteiger partial charge in [-0.2, -0.15) is 13.2 Å². The van der Waals surface area contributed by atoms with E-state index in [9.17, 15) is 23.3 Å². The average molecular weight is 291 g/mol. The molecule has 0 aliphatic carbocycles. The standard InChI is InChI=1S/C12H17BF3NO3/c1-10(2,18)11(3,4)20-13(19)9-7-5-6-8(17-9)12(14,15)16/h5-7,18-19H,1-4H3. The molecule has 0 aromatic carbocycles. The van der Waals surface area contributed by atoms with E-state index in [0.29, 0.717) is 0 Å². The highest BCUT2D eigenvalue weighted by Crippen LogP contribution is 2.27. The molecule has 20 heavy (non-hydrogen) atoms. The van der Waals surface area contributed by atoms with Gasteiger partial charge in [-0.1, -0.05) is 6.07 Å².